The summed E-state index contributed by atoms with van der Waals surface area (Å²) in [6.45, 7) is 1.67. The number of amides is 2. The van der Waals surface area contributed by atoms with Crippen LogP contribution < -0.4 is 20.7 Å². The largest absolute Gasteiger partial charge is 0.497 e. The molecule has 0 saturated carbocycles. The summed E-state index contributed by atoms with van der Waals surface area (Å²) in [5.41, 5.74) is 2.74. The van der Waals surface area contributed by atoms with Gasteiger partial charge < -0.3 is 25.4 Å². The fraction of sp³-hybridized carbons (Fsp3) is 0.138. The molecule has 1 heterocycles. The van der Waals surface area contributed by atoms with Gasteiger partial charge in [0.15, 0.2) is 0 Å². The highest BCUT2D eigenvalue weighted by Crippen LogP contribution is 2.36. The van der Waals surface area contributed by atoms with Crippen LogP contribution in [0.25, 0.3) is 11.1 Å². The number of para-hydroxylation sites is 1. The van der Waals surface area contributed by atoms with Crippen molar-refractivity contribution >= 4 is 45.5 Å². The third kappa shape index (κ3) is 6.79. The van der Waals surface area contributed by atoms with E-state index in [1.165, 1.54) is 12.1 Å². The van der Waals surface area contributed by atoms with Crippen molar-refractivity contribution in [3.8, 4) is 16.9 Å². The molecule has 0 aliphatic heterocycles. The van der Waals surface area contributed by atoms with Gasteiger partial charge in [-0.15, -0.1) is 11.3 Å². The van der Waals surface area contributed by atoms with Crippen LogP contribution in [-0.4, -0.2) is 38.0 Å². The SMILES string of the molecule is CCOC(=O)c1c(-c2ccc(F)cc2)csc1NC(=O)CNc1ccccc1C(=O)Nc1ccc(OC)cc1. The number of halogens is 1. The molecular weight excluding hydrogens is 521 g/mol. The summed E-state index contributed by atoms with van der Waals surface area (Å²) in [4.78, 5) is 38.5. The van der Waals surface area contributed by atoms with Gasteiger partial charge in [-0.05, 0) is 61.0 Å². The predicted octanol–water partition coefficient (Wildman–Crippen LogP) is 6.04. The zero-order valence-corrected chi connectivity index (χ0v) is 22.1. The normalized spacial score (nSPS) is 10.4. The number of benzene rings is 3. The lowest BCUT2D eigenvalue weighted by Crippen LogP contribution is -2.24. The number of carbonyl (C=O) groups excluding carboxylic acids is 3. The minimum Gasteiger partial charge on any atom is -0.497 e. The lowest BCUT2D eigenvalue weighted by molar-refractivity contribution is -0.114. The lowest BCUT2D eigenvalue weighted by Gasteiger charge is -2.13. The van der Waals surface area contributed by atoms with Crippen LogP contribution in [0, 0.1) is 5.82 Å². The van der Waals surface area contributed by atoms with Gasteiger partial charge in [-0.3, -0.25) is 9.59 Å². The van der Waals surface area contributed by atoms with Crippen LogP contribution in [0.3, 0.4) is 0 Å². The van der Waals surface area contributed by atoms with Gasteiger partial charge >= 0.3 is 5.97 Å². The second-order valence-corrected chi connectivity index (χ2v) is 9.09. The zero-order valence-electron chi connectivity index (χ0n) is 21.2. The van der Waals surface area contributed by atoms with E-state index in [0.29, 0.717) is 38.8 Å². The van der Waals surface area contributed by atoms with Crippen molar-refractivity contribution in [3.05, 3.63) is 95.1 Å². The van der Waals surface area contributed by atoms with E-state index in [-0.39, 0.29) is 24.6 Å². The Balaban J connectivity index is 1.46. The van der Waals surface area contributed by atoms with Gasteiger partial charge in [-0.25, -0.2) is 9.18 Å². The molecule has 1 aromatic heterocycles. The van der Waals surface area contributed by atoms with Crippen molar-refractivity contribution in [2.75, 3.05) is 36.2 Å². The number of methoxy groups -OCH3 is 1. The van der Waals surface area contributed by atoms with E-state index in [1.54, 1.807) is 80.1 Å². The Bertz CT molecular complexity index is 1470. The Hall–Kier alpha value is -4.70. The Kier molecular flexibility index (Phi) is 8.90. The van der Waals surface area contributed by atoms with Crippen LogP contribution in [0.1, 0.15) is 27.6 Å². The summed E-state index contributed by atoms with van der Waals surface area (Å²) in [5.74, 6) is -1.11. The molecular formula is C29H26FN3O5S. The van der Waals surface area contributed by atoms with E-state index in [1.807, 2.05) is 0 Å². The summed E-state index contributed by atoms with van der Waals surface area (Å²) in [6, 6.07) is 19.4. The number of hydrogen-bond donors (Lipinski definition) is 3. The van der Waals surface area contributed by atoms with Gasteiger partial charge in [0.1, 0.15) is 22.1 Å². The number of ether oxygens (including phenoxy) is 2. The van der Waals surface area contributed by atoms with E-state index in [2.05, 4.69) is 16.0 Å². The van der Waals surface area contributed by atoms with Crippen LogP contribution in [0.4, 0.5) is 20.8 Å². The second-order valence-electron chi connectivity index (χ2n) is 8.21. The summed E-state index contributed by atoms with van der Waals surface area (Å²) in [7, 11) is 1.56. The first kappa shape index (κ1) is 27.3. The number of nitrogens with one attached hydrogen (secondary N) is 3. The number of hydrogen-bond acceptors (Lipinski definition) is 7. The standard InChI is InChI=1S/C29H26FN3O5S/c1-3-38-29(36)26-23(18-8-10-19(30)11-9-18)17-39-28(26)33-25(34)16-31-24-7-5-4-6-22(24)27(35)32-20-12-14-21(37-2)15-13-20/h4-15,17,31H,3,16H2,1-2H3,(H,32,35)(H,33,34). The average molecular weight is 548 g/mol. The maximum atomic E-state index is 13.4. The van der Waals surface area contributed by atoms with Crippen molar-refractivity contribution < 1.29 is 28.2 Å². The van der Waals surface area contributed by atoms with Crippen LogP contribution in [-0.2, 0) is 9.53 Å². The van der Waals surface area contributed by atoms with E-state index < -0.39 is 17.7 Å². The fourth-order valence-electron chi connectivity index (χ4n) is 3.75. The molecule has 0 aliphatic rings. The average Bonchev–Trinajstić information content (AvgIpc) is 3.36. The number of thiophene rings is 1. The Morgan fingerprint density at radius 1 is 0.923 bits per heavy atom. The third-order valence-electron chi connectivity index (χ3n) is 5.64. The smallest absolute Gasteiger partial charge is 0.341 e. The van der Waals surface area contributed by atoms with Crippen LogP contribution in [0.5, 0.6) is 5.75 Å². The molecule has 0 fully saturated rings. The van der Waals surface area contributed by atoms with E-state index in [4.69, 9.17) is 9.47 Å². The highest BCUT2D eigenvalue weighted by atomic mass is 32.1. The highest BCUT2D eigenvalue weighted by molar-refractivity contribution is 7.15. The molecule has 4 aromatic rings. The lowest BCUT2D eigenvalue weighted by atomic mass is 10.0. The molecule has 39 heavy (non-hydrogen) atoms. The van der Waals surface area contributed by atoms with E-state index in [9.17, 15) is 18.8 Å². The molecule has 10 heteroatoms. The number of anilines is 3. The minimum absolute atomic E-state index is 0.155. The summed E-state index contributed by atoms with van der Waals surface area (Å²) >= 11 is 1.16. The number of carbonyl (C=O) groups is 3. The molecule has 0 spiro atoms. The first-order chi connectivity index (χ1) is 18.9. The summed E-state index contributed by atoms with van der Waals surface area (Å²) in [5, 5.41) is 10.6. The Morgan fingerprint density at radius 2 is 1.64 bits per heavy atom. The number of esters is 1. The van der Waals surface area contributed by atoms with Gasteiger partial charge in [0.05, 0.1) is 25.8 Å². The van der Waals surface area contributed by atoms with Crippen LogP contribution >= 0.6 is 11.3 Å². The zero-order chi connectivity index (χ0) is 27.8. The maximum absolute atomic E-state index is 13.4. The van der Waals surface area contributed by atoms with Crippen molar-refractivity contribution in [1.29, 1.82) is 0 Å². The van der Waals surface area contributed by atoms with Crippen LogP contribution in [0.15, 0.2) is 78.2 Å². The predicted molar refractivity (Wildman–Crippen MR) is 150 cm³/mol. The molecule has 200 valence electrons. The van der Waals surface area contributed by atoms with Crippen molar-refractivity contribution in [2.24, 2.45) is 0 Å². The van der Waals surface area contributed by atoms with Gasteiger partial charge in [-0.2, -0.15) is 0 Å². The second kappa shape index (κ2) is 12.7. The molecule has 0 aliphatic carbocycles. The van der Waals surface area contributed by atoms with Gasteiger partial charge in [-0.1, -0.05) is 24.3 Å². The van der Waals surface area contributed by atoms with Crippen molar-refractivity contribution in [1.82, 2.24) is 0 Å². The van der Waals surface area contributed by atoms with Crippen LogP contribution in [0.2, 0.25) is 0 Å². The summed E-state index contributed by atoms with van der Waals surface area (Å²) in [6.07, 6.45) is 0. The molecule has 0 radical (unpaired) electrons. The molecule has 0 saturated heterocycles. The van der Waals surface area contributed by atoms with E-state index >= 15 is 0 Å². The number of rotatable bonds is 10. The molecule has 8 nitrogen and oxygen atoms in total. The Labute approximate surface area is 228 Å². The molecule has 0 bridgehead atoms. The molecule has 2 amide bonds. The molecule has 0 unspecified atom stereocenters. The first-order valence-electron chi connectivity index (χ1n) is 12.0. The van der Waals surface area contributed by atoms with Gasteiger partial charge in [0, 0.05) is 22.3 Å². The van der Waals surface area contributed by atoms with Crippen molar-refractivity contribution in [2.45, 2.75) is 6.92 Å². The quantitative estimate of drug-likeness (QED) is 0.209. The molecule has 0 atom stereocenters. The molecule has 3 N–H and O–H groups in total. The maximum Gasteiger partial charge on any atom is 0.341 e. The van der Waals surface area contributed by atoms with E-state index in [0.717, 1.165) is 11.3 Å². The molecule has 4 rings (SSSR count). The third-order valence-corrected chi connectivity index (χ3v) is 6.53. The first-order valence-corrected chi connectivity index (χ1v) is 12.9. The monoisotopic (exact) mass is 547 g/mol. The summed E-state index contributed by atoms with van der Waals surface area (Å²) < 4.78 is 23.8. The highest BCUT2D eigenvalue weighted by Gasteiger charge is 2.23. The topological polar surface area (TPSA) is 106 Å². The minimum atomic E-state index is -0.595. The molecule has 3 aromatic carbocycles. The van der Waals surface area contributed by atoms with Gasteiger partial charge in [0.25, 0.3) is 5.91 Å². The fourth-order valence-corrected chi connectivity index (χ4v) is 4.73. The Morgan fingerprint density at radius 3 is 2.33 bits per heavy atom. The van der Waals surface area contributed by atoms with Gasteiger partial charge in [0.2, 0.25) is 5.91 Å². The van der Waals surface area contributed by atoms with Crippen molar-refractivity contribution in [3.63, 3.8) is 0 Å².